The van der Waals surface area contributed by atoms with Crippen LogP contribution in [0, 0.1) is 23.2 Å². The maximum atomic E-state index is 13.0. The van der Waals surface area contributed by atoms with E-state index in [1.54, 1.807) is 19.2 Å². The first kappa shape index (κ1) is 23.6. The number of imidazole rings is 1. The van der Waals surface area contributed by atoms with Gasteiger partial charge < -0.3 is 14.7 Å². The molecule has 0 saturated carbocycles. The Morgan fingerprint density at radius 3 is 2.68 bits per heavy atom. The highest BCUT2D eigenvalue weighted by Gasteiger charge is 2.41. The van der Waals surface area contributed by atoms with Gasteiger partial charge in [0.25, 0.3) is 0 Å². The van der Waals surface area contributed by atoms with Crippen LogP contribution in [0.2, 0.25) is 0 Å². The first-order valence-corrected chi connectivity index (χ1v) is 11.2. The Balaban J connectivity index is 1.47. The minimum absolute atomic E-state index is 0.170. The van der Waals surface area contributed by atoms with E-state index in [9.17, 15) is 19.2 Å². The third-order valence-electron chi connectivity index (χ3n) is 6.75. The SMILES string of the molecule is Cn1c(=O)n(C2CCC(=O)NC2=O)c2cccc(C#CCOCC(C)(C)C3CN(C(=O)O)C3)c21. The number of hydrogen-bond donors (Lipinski definition) is 2. The molecule has 34 heavy (non-hydrogen) atoms. The summed E-state index contributed by atoms with van der Waals surface area (Å²) in [6.45, 7) is 5.78. The van der Waals surface area contributed by atoms with Gasteiger partial charge in [-0.1, -0.05) is 31.8 Å². The van der Waals surface area contributed by atoms with Crippen molar-refractivity contribution >= 4 is 28.9 Å². The number of para-hydroxylation sites is 1. The van der Waals surface area contributed by atoms with Crippen LogP contribution in [0.25, 0.3) is 11.0 Å². The molecule has 10 nitrogen and oxygen atoms in total. The van der Waals surface area contributed by atoms with Gasteiger partial charge in [-0.25, -0.2) is 9.59 Å². The van der Waals surface area contributed by atoms with E-state index < -0.39 is 18.0 Å². The van der Waals surface area contributed by atoms with Gasteiger partial charge in [-0.3, -0.25) is 24.0 Å². The van der Waals surface area contributed by atoms with Gasteiger partial charge in [-0.2, -0.15) is 0 Å². The number of nitrogens with one attached hydrogen (secondary N) is 1. The van der Waals surface area contributed by atoms with Crippen LogP contribution < -0.4 is 11.0 Å². The highest BCUT2D eigenvalue weighted by Crippen LogP contribution is 2.34. The Bertz CT molecular complexity index is 1270. The Hall–Kier alpha value is -3.58. The number of carbonyl (C=O) groups excluding carboxylic acids is 2. The Morgan fingerprint density at radius 2 is 2.00 bits per heavy atom. The number of likely N-dealkylation sites (tertiary alicyclic amines) is 1. The van der Waals surface area contributed by atoms with Crippen molar-refractivity contribution < 1.29 is 24.2 Å². The molecule has 2 aromatic rings. The molecular formula is C24H28N4O6. The Labute approximate surface area is 196 Å². The predicted octanol–water partition coefficient (Wildman–Crippen LogP) is 1.32. The number of benzene rings is 1. The molecule has 2 saturated heterocycles. The van der Waals surface area contributed by atoms with Crippen molar-refractivity contribution in [2.24, 2.45) is 18.4 Å². The molecule has 3 heterocycles. The third kappa shape index (κ3) is 4.31. The zero-order valence-corrected chi connectivity index (χ0v) is 19.5. The summed E-state index contributed by atoms with van der Waals surface area (Å²) >= 11 is 0. The first-order chi connectivity index (χ1) is 16.1. The minimum atomic E-state index is -0.895. The van der Waals surface area contributed by atoms with Crippen molar-refractivity contribution in [2.75, 3.05) is 26.3 Å². The van der Waals surface area contributed by atoms with E-state index in [-0.39, 0.29) is 42.4 Å². The molecule has 0 aliphatic carbocycles. The maximum Gasteiger partial charge on any atom is 0.407 e. The summed E-state index contributed by atoms with van der Waals surface area (Å²) in [6.07, 6.45) is -0.440. The number of aryl methyl sites for hydroxylation is 1. The number of hydrogen-bond acceptors (Lipinski definition) is 5. The molecule has 4 rings (SSSR count). The predicted molar refractivity (Wildman–Crippen MR) is 123 cm³/mol. The number of aromatic nitrogens is 2. The largest absolute Gasteiger partial charge is 0.465 e. The fourth-order valence-corrected chi connectivity index (χ4v) is 4.51. The highest BCUT2D eigenvalue weighted by molar-refractivity contribution is 6.00. The molecule has 180 valence electrons. The summed E-state index contributed by atoms with van der Waals surface area (Å²) in [4.78, 5) is 49.2. The van der Waals surface area contributed by atoms with Crippen molar-refractivity contribution in [3.63, 3.8) is 0 Å². The fraction of sp³-hybridized carbons (Fsp3) is 0.500. The molecule has 2 aliphatic rings. The molecule has 2 N–H and O–H groups in total. The molecule has 0 spiro atoms. The molecule has 0 radical (unpaired) electrons. The number of ether oxygens (including phenoxy) is 1. The summed E-state index contributed by atoms with van der Waals surface area (Å²) in [5, 5.41) is 11.3. The van der Waals surface area contributed by atoms with Gasteiger partial charge in [0.05, 0.1) is 23.2 Å². The standard InChI is InChI=1S/C24H28N4O6/c1-24(2,16-12-27(13-16)23(32)33)14-34-11-5-7-15-6-4-8-17-20(15)26(3)22(31)28(17)18-9-10-19(29)25-21(18)30/h4,6,8,16,18H,9-14H2,1-3H3,(H,32,33)(H,25,29,30). The second-order valence-electron chi connectivity index (χ2n) is 9.52. The smallest absolute Gasteiger partial charge is 0.407 e. The van der Waals surface area contributed by atoms with Crippen LogP contribution in [-0.2, 0) is 21.4 Å². The monoisotopic (exact) mass is 468 g/mol. The molecule has 0 bridgehead atoms. The van der Waals surface area contributed by atoms with Gasteiger partial charge in [0.2, 0.25) is 11.8 Å². The minimum Gasteiger partial charge on any atom is -0.465 e. The van der Waals surface area contributed by atoms with Crippen molar-refractivity contribution in [3.8, 4) is 11.8 Å². The van der Waals surface area contributed by atoms with E-state index in [0.717, 1.165) is 0 Å². The Kier molecular flexibility index (Phi) is 6.23. The number of piperidine rings is 1. The molecule has 1 atom stereocenters. The molecule has 1 aromatic carbocycles. The van der Waals surface area contributed by atoms with E-state index in [0.29, 0.717) is 36.3 Å². The number of nitrogens with zero attached hydrogens (tertiary/aromatic N) is 3. The van der Waals surface area contributed by atoms with Gasteiger partial charge in [0, 0.05) is 32.5 Å². The molecule has 2 aliphatic heterocycles. The van der Waals surface area contributed by atoms with Gasteiger partial charge in [-0.15, -0.1) is 0 Å². The van der Waals surface area contributed by atoms with Crippen molar-refractivity contribution in [1.82, 2.24) is 19.4 Å². The Morgan fingerprint density at radius 1 is 1.26 bits per heavy atom. The number of fused-ring (bicyclic) bond motifs is 1. The van der Waals surface area contributed by atoms with Crippen LogP contribution in [0.4, 0.5) is 4.79 Å². The van der Waals surface area contributed by atoms with Crippen LogP contribution >= 0.6 is 0 Å². The van der Waals surface area contributed by atoms with Crippen LogP contribution in [0.5, 0.6) is 0 Å². The summed E-state index contributed by atoms with van der Waals surface area (Å²) in [7, 11) is 1.64. The van der Waals surface area contributed by atoms with Gasteiger partial charge in [-0.05, 0) is 24.0 Å². The number of carbonyl (C=O) groups is 3. The second kappa shape index (κ2) is 8.99. The highest BCUT2D eigenvalue weighted by atomic mass is 16.5. The topological polar surface area (TPSA) is 123 Å². The third-order valence-corrected chi connectivity index (χ3v) is 6.75. The van der Waals surface area contributed by atoms with Crippen LogP contribution in [0.1, 0.15) is 38.3 Å². The lowest BCUT2D eigenvalue weighted by molar-refractivity contribution is -0.135. The summed E-state index contributed by atoms with van der Waals surface area (Å²) in [5.41, 5.74) is 1.34. The van der Waals surface area contributed by atoms with Crippen molar-refractivity contribution in [1.29, 1.82) is 0 Å². The number of amides is 3. The van der Waals surface area contributed by atoms with Gasteiger partial charge in [0.1, 0.15) is 12.6 Å². The van der Waals surface area contributed by atoms with Crippen molar-refractivity contribution in [2.45, 2.75) is 32.7 Å². The normalized spacial score (nSPS) is 18.9. The van der Waals surface area contributed by atoms with Crippen molar-refractivity contribution in [3.05, 3.63) is 34.2 Å². The van der Waals surface area contributed by atoms with Gasteiger partial charge in [0.15, 0.2) is 0 Å². The zero-order valence-electron chi connectivity index (χ0n) is 19.5. The average molecular weight is 469 g/mol. The first-order valence-electron chi connectivity index (χ1n) is 11.2. The summed E-state index contributed by atoms with van der Waals surface area (Å²) in [6, 6.07) is 4.61. The van der Waals surface area contributed by atoms with Crippen LogP contribution in [-0.4, -0.2) is 63.4 Å². The lowest BCUT2D eigenvalue weighted by Gasteiger charge is -2.46. The van der Waals surface area contributed by atoms with E-state index >= 15 is 0 Å². The number of imide groups is 1. The fourth-order valence-electron chi connectivity index (χ4n) is 4.51. The van der Waals surface area contributed by atoms with Gasteiger partial charge >= 0.3 is 11.8 Å². The van der Waals surface area contributed by atoms with E-state index in [4.69, 9.17) is 9.84 Å². The maximum absolute atomic E-state index is 13.0. The quantitative estimate of drug-likeness (QED) is 0.388. The average Bonchev–Trinajstić information content (AvgIpc) is 2.97. The molecule has 2 fully saturated rings. The summed E-state index contributed by atoms with van der Waals surface area (Å²) in [5.74, 6) is 5.49. The second-order valence-corrected chi connectivity index (χ2v) is 9.52. The number of rotatable bonds is 5. The van der Waals surface area contributed by atoms with E-state index in [1.165, 1.54) is 14.0 Å². The van der Waals surface area contributed by atoms with E-state index in [1.807, 2.05) is 6.07 Å². The lowest BCUT2D eigenvalue weighted by Crippen LogP contribution is -2.55. The molecule has 3 amide bonds. The molecule has 10 heteroatoms. The van der Waals surface area contributed by atoms with Crippen LogP contribution in [0.15, 0.2) is 23.0 Å². The van der Waals surface area contributed by atoms with E-state index in [2.05, 4.69) is 31.0 Å². The number of carboxylic acid groups (broad SMARTS) is 1. The van der Waals surface area contributed by atoms with Crippen LogP contribution in [0.3, 0.4) is 0 Å². The lowest BCUT2D eigenvalue weighted by atomic mass is 9.75. The molecule has 1 unspecified atom stereocenters. The molecular weight excluding hydrogens is 440 g/mol. The molecule has 1 aromatic heterocycles. The zero-order chi connectivity index (χ0) is 24.6. The summed E-state index contributed by atoms with van der Waals surface area (Å²) < 4.78 is 8.67.